The van der Waals surface area contributed by atoms with Gasteiger partial charge < -0.3 is 35.3 Å². The number of aliphatic carboxylic acids is 1. The van der Waals surface area contributed by atoms with Crippen LogP contribution in [0.2, 0.25) is 0 Å². The van der Waals surface area contributed by atoms with Gasteiger partial charge in [-0.25, -0.2) is 9.78 Å². The zero-order chi connectivity index (χ0) is 40.4. The van der Waals surface area contributed by atoms with Crippen molar-refractivity contribution in [1.29, 1.82) is 0 Å². The third kappa shape index (κ3) is 10.9. The van der Waals surface area contributed by atoms with Crippen molar-refractivity contribution in [2.45, 2.75) is 97.2 Å². The van der Waals surface area contributed by atoms with Gasteiger partial charge in [0.05, 0.1) is 30.8 Å². The molecule has 4 N–H and O–H groups in total. The van der Waals surface area contributed by atoms with Gasteiger partial charge in [0.2, 0.25) is 17.7 Å². The number of fused-ring (bicyclic) bond motifs is 1. The largest absolute Gasteiger partial charge is 0.497 e. The average Bonchev–Trinajstić information content (AvgIpc) is 3.62. The van der Waals surface area contributed by atoms with E-state index in [9.17, 15) is 29.1 Å². The van der Waals surface area contributed by atoms with Crippen molar-refractivity contribution < 1.29 is 43.3 Å². The molecule has 0 unspecified atom stereocenters. The van der Waals surface area contributed by atoms with E-state index in [2.05, 4.69) is 16.0 Å². The Hall–Kier alpha value is -5.46. The molecule has 2 aliphatic rings. The number of hydrogen-bond acceptors (Lipinski definition) is 9. The molecule has 4 atom stereocenters. The SMILES string of the molecule is CCC[C@H](NC(=O)[C@@H]1C[C@@H](Oc2cc(-c3ccccc3)nc3cc(OC)ccc23)C=C1C(=O)N[C@@H](C(=O)NCC(=O)OCC1CCCCC1)C(C)(C)C)C(=O)O. The summed E-state index contributed by atoms with van der Waals surface area (Å²) in [6.07, 6.45) is 6.92. The van der Waals surface area contributed by atoms with Crippen LogP contribution in [-0.2, 0) is 28.7 Å². The molecule has 0 spiro atoms. The van der Waals surface area contributed by atoms with E-state index in [1.807, 2.05) is 43.3 Å². The summed E-state index contributed by atoms with van der Waals surface area (Å²) in [5.74, 6) is -3.39. The second kappa shape index (κ2) is 18.9. The number of benzene rings is 2. The number of carboxylic acid groups (broad SMARTS) is 1. The zero-order valence-corrected chi connectivity index (χ0v) is 32.9. The Bertz CT molecular complexity index is 1920. The molecule has 5 rings (SSSR count). The van der Waals surface area contributed by atoms with Crippen molar-refractivity contribution in [2.75, 3.05) is 20.3 Å². The Balaban J connectivity index is 1.40. The minimum Gasteiger partial charge on any atom is -0.497 e. The van der Waals surface area contributed by atoms with Crippen LogP contribution < -0.4 is 25.4 Å². The zero-order valence-electron chi connectivity index (χ0n) is 32.9. The molecule has 3 amide bonds. The number of esters is 1. The fourth-order valence-corrected chi connectivity index (χ4v) is 7.21. The van der Waals surface area contributed by atoms with Crippen LogP contribution >= 0.6 is 0 Å². The third-order valence-electron chi connectivity index (χ3n) is 10.3. The molecule has 0 saturated heterocycles. The van der Waals surface area contributed by atoms with Gasteiger partial charge in [-0.15, -0.1) is 0 Å². The van der Waals surface area contributed by atoms with Crippen LogP contribution in [0.4, 0.5) is 0 Å². The number of amides is 3. The van der Waals surface area contributed by atoms with Crippen LogP contribution in [0.15, 0.2) is 66.2 Å². The van der Waals surface area contributed by atoms with Crippen LogP contribution in [-0.4, -0.2) is 78.2 Å². The molecule has 13 nitrogen and oxygen atoms in total. The summed E-state index contributed by atoms with van der Waals surface area (Å²) in [6.45, 7) is 7.08. The average molecular weight is 771 g/mol. The molecule has 3 aromatic rings. The van der Waals surface area contributed by atoms with E-state index in [1.54, 1.807) is 52.2 Å². The molecule has 1 fully saturated rings. The molecule has 56 heavy (non-hydrogen) atoms. The van der Waals surface area contributed by atoms with Gasteiger partial charge in [0.25, 0.3) is 0 Å². The number of nitrogens with one attached hydrogen (secondary N) is 3. The van der Waals surface area contributed by atoms with Gasteiger partial charge >= 0.3 is 11.9 Å². The number of methoxy groups -OCH3 is 1. The number of nitrogens with zero attached hydrogens (tertiary/aromatic N) is 1. The first kappa shape index (κ1) is 41.7. The van der Waals surface area contributed by atoms with Gasteiger partial charge in [-0.3, -0.25) is 19.2 Å². The fraction of sp³-hybridized carbons (Fsp3) is 0.488. The predicted molar refractivity (Wildman–Crippen MR) is 211 cm³/mol. The first-order chi connectivity index (χ1) is 26.8. The quantitative estimate of drug-likeness (QED) is 0.131. The lowest BCUT2D eigenvalue weighted by Crippen LogP contribution is -2.55. The molecule has 300 valence electrons. The van der Waals surface area contributed by atoms with E-state index in [4.69, 9.17) is 19.2 Å². The lowest BCUT2D eigenvalue weighted by atomic mass is 9.85. The molecule has 0 aliphatic heterocycles. The highest BCUT2D eigenvalue weighted by molar-refractivity contribution is 6.03. The van der Waals surface area contributed by atoms with Gasteiger partial charge in [-0.05, 0) is 48.8 Å². The number of carboxylic acids is 1. The summed E-state index contributed by atoms with van der Waals surface area (Å²) in [4.78, 5) is 71.0. The number of pyridine rings is 1. The van der Waals surface area contributed by atoms with Gasteiger partial charge in [0.15, 0.2) is 0 Å². The second-order valence-electron chi connectivity index (χ2n) is 15.7. The van der Waals surface area contributed by atoms with Crippen molar-refractivity contribution >= 4 is 40.6 Å². The maximum Gasteiger partial charge on any atom is 0.326 e. The minimum atomic E-state index is -1.19. The summed E-state index contributed by atoms with van der Waals surface area (Å²) >= 11 is 0. The summed E-state index contributed by atoms with van der Waals surface area (Å²) in [5.41, 5.74) is 1.32. The fourth-order valence-electron chi connectivity index (χ4n) is 7.21. The van der Waals surface area contributed by atoms with E-state index < -0.39 is 59.2 Å². The Labute approximate surface area is 327 Å². The standard InChI is InChI=1S/C43H54N4O9/c1-6-13-33(42(52)53)46-39(49)31-20-29(56-36-23-34(27-16-11-8-12-17-27)45-35-22-28(54-5)18-19-30(35)36)21-32(31)40(50)47-38(43(2,3)4)41(51)44-24-37(48)55-25-26-14-9-7-10-15-26/h8,11-12,16-19,21-23,26,29,31,33,38H,6-7,9-10,13-15,20,24-25H2,1-5H3,(H,44,51)(H,46,49)(H,47,50)(H,52,53)/t29-,31-,33+,38+/m1/s1. The molecular weight excluding hydrogens is 716 g/mol. The van der Waals surface area contributed by atoms with Crippen LogP contribution in [0.3, 0.4) is 0 Å². The molecule has 2 aliphatic carbocycles. The molecule has 0 radical (unpaired) electrons. The Morgan fingerprint density at radius 2 is 1.70 bits per heavy atom. The monoisotopic (exact) mass is 770 g/mol. The molecular formula is C43H54N4O9. The van der Waals surface area contributed by atoms with E-state index in [-0.39, 0.29) is 25.0 Å². The molecule has 0 bridgehead atoms. The van der Waals surface area contributed by atoms with E-state index in [0.29, 0.717) is 47.0 Å². The highest BCUT2D eigenvalue weighted by Gasteiger charge is 2.41. The molecule has 1 aromatic heterocycles. The van der Waals surface area contributed by atoms with Crippen molar-refractivity contribution in [3.63, 3.8) is 0 Å². The van der Waals surface area contributed by atoms with E-state index in [1.165, 1.54) is 6.42 Å². The second-order valence-corrected chi connectivity index (χ2v) is 15.7. The first-order valence-corrected chi connectivity index (χ1v) is 19.5. The van der Waals surface area contributed by atoms with Crippen molar-refractivity contribution in [1.82, 2.24) is 20.9 Å². The Kier molecular flexibility index (Phi) is 14.1. The molecule has 2 aromatic carbocycles. The van der Waals surface area contributed by atoms with Crippen LogP contribution in [0.1, 0.15) is 79.1 Å². The number of carbonyl (C=O) groups excluding carboxylic acids is 4. The summed E-state index contributed by atoms with van der Waals surface area (Å²) in [5, 5.41) is 18.5. The predicted octanol–water partition coefficient (Wildman–Crippen LogP) is 5.74. The summed E-state index contributed by atoms with van der Waals surface area (Å²) in [6, 6.07) is 14.5. The van der Waals surface area contributed by atoms with Crippen LogP contribution in [0.5, 0.6) is 11.5 Å². The van der Waals surface area contributed by atoms with Gasteiger partial charge in [-0.1, -0.05) is 83.7 Å². The topological polar surface area (TPSA) is 182 Å². The summed E-state index contributed by atoms with van der Waals surface area (Å²) < 4.78 is 17.5. The van der Waals surface area contributed by atoms with Crippen LogP contribution in [0, 0.1) is 17.3 Å². The number of hydrogen-bond donors (Lipinski definition) is 4. The van der Waals surface area contributed by atoms with Gasteiger partial charge in [0, 0.05) is 35.1 Å². The molecule has 1 heterocycles. The van der Waals surface area contributed by atoms with Crippen molar-refractivity contribution in [3.8, 4) is 22.8 Å². The third-order valence-corrected chi connectivity index (χ3v) is 10.3. The van der Waals surface area contributed by atoms with Crippen molar-refractivity contribution in [3.05, 3.63) is 66.2 Å². The van der Waals surface area contributed by atoms with Crippen LogP contribution in [0.25, 0.3) is 22.2 Å². The maximum absolute atomic E-state index is 14.2. The van der Waals surface area contributed by atoms with E-state index in [0.717, 1.165) is 31.2 Å². The van der Waals surface area contributed by atoms with Gasteiger partial charge in [0.1, 0.15) is 36.2 Å². The smallest absolute Gasteiger partial charge is 0.326 e. The minimum absolute atomic E-state index is 0.0207. The maximum atomic E-state index is 14.2. The van der Waals surface area contributed by atoms with E-state index >= 15 is 0 Å². The Morgan fingerprint density at radius 3 is 2.36 bits per heavy atom. The van der Waals surface area contributed by atoms with Gasteiger partial charge in [-0.2, -0.15) is 0 Å². The lowest BCUT2D eigenvalue weighted by molar-refractivity contribution is -0.146. The normalized spacial score (nSPS) is 18.3. The Morgan fingerprint density at radius 1 is 0.964 bits per heavy atom. The van der Waals surface area contributed by atoms with Crippen molar-refractivity contribution in [2.24, 2.45) is 17.3 Å². The number of rotatable bonds is 16. The number of ether oxygens (including phenoxy) is 3. The molecule has 13 heteroatoms. The highest BCUT2D eigenvalue weighted by atomic mass is 16.5. The number of aromatic nitrogens is 1. The summed E-state index contributed by atoms with van der Waals surface area (Å²) in [7, 11) is 1.57. The first-order valence-electron chi connectivity index (χ1n) is 19.5. The lowest BCUT2D eigenvalue weighted by Gasteiger charge is -2.31. The molecule has 1 saturated carbocycles. The highest BCUT2D eigenvalue weighted by Crippen LogP contribution is 2.36. The number of carbonyl (C=O) groups is 5.